The number of rotatable bonds is 11. The second kappa shape index (κ2) is 14.9. The van der Waals surface area contributed by atoms with Crippen LogP contribution in [0.15, 0.2) is 109 Å². The van der Waals surface area contributed by atoms with E-state index >= 15 is 0 Å². The van der Waals surface area contributed by atoms with Crippen LogP contribution < -0.4 is 5.32 Å². The lowest BCUT2D eigenvalue weighted by Gasteiger charge is -2.41. The van der Waals surface area contributed by atoms with E-state index in [2.05, 4.69) is 40.9 Å². The highest BCUT2D eigenvalue weighted by Gasteiger charge is 2.38. The Bertz CT molecular complexity index is 1480. The van der Waals surface area contributed by atoms with Gasteiger partial charge < -0.3 is 24.6 Å². The zero-order valence-corrected chi connectivity index (χ0v) is 24.8. The third-order valence-electron chi connectivity index (χ3n) is 7.25. The molecule has 2 N–H and O–H groups in total. The number of aromatic nitrogens is 2. The SMILES string of the molecule is C=CCOC(=O)NCc1cccc(-c2ccc(C3OC(CSc4ncccn4)C(C)C(c4ccc(CO)cc4)O3)cc2)c1. The van der Waals surface area contributed by atoms with Gasteiger partial charge >= 0.3 is 6.09 Å². The van der Waals surface area contributed by atoms with Crippen molar-refractivity contribution in [2.45, 2.75) is 43.7 Å². The zero-order valence-electron chi connectivity index (χ0n) is 24.0. The fourth-order valence-electron chi connectivity index (χ4n) is 4.88. The van der Waals surface area contributed by atoms with Crippen LogP contribution in [0.2, 0.25) is 0 Å². The second-order valence-corrected chi connectivity index (χ2v) is 11.2. The van der Waals surface area contributed by atoms with Gasteiger partial charge in [-0.3, -0.25) is 0 Å². The zero-order chi connectivity index (χ0) is 30.0. The van der Waals surface area contributed by atoms with Gasteiger partial charge in [-0.15, -0.1) is 0 Å². The van der Waals surface area contributed by atoms with E-state index in [0.717, 1.165) is 33.4 Å². The Balaban J connectivity index is 1.32. The van der Waals surface area contributed by atoms with Crippen LogP contribution in [0.3, 0.4) is 0 Å². The molecule has 9 heteroatoms. The molecule has 4 aromatic rings. The number of aliphatic hydroxyl groups is 1. The second-order valence-electron chi connectivity index (χ2n) is 10.2. The Hall–Kier alpha value is -4.02. The minimum atomic E-state index is -0.563. The van der Waals surface area contributed by atoms with Gasteiger partial charge in [-0.05, 0) is 39.9 Å². The highest BCUT2D eigenvalue weighted by molar-refractivity contribution is 7.99. The lowest BCUT2D eigenvalue weighted by atomic mass is 9.91. The molecule has 4 atom stereocenters. The summed E-state index contributed by atoms with van der Waals surface area (Å²) in [6, 6.07) is 25.9. The molecule has 1 aliphatic heterocycles. The van der Waals surface area contributed by atoms with Gasteiger partial charge in [0.25, 0.3) is 0 Å². The first-order chi connectivity index (χ1) is 21.0. The minimum absolute atomic E-state index is 0.00250. The number of nitrogens with one attached hydrogen (secondary N) is 1. The van der Waals surface area contributed by atoms with Crippen molar-refractivity contribution in [3.05, 3.63) is 126 Å². The van der Waals surface area contributed by atoms with Crippen LogP contribution in [0, 0.1) is 5.92 Å². The molecule has 1 aromatic heterocycles. The number of carbonyl (C=O) groups excluding carboxylic acids is 1. The van der Waals surface area contributed by atoms with E-state index in [9.17, 15) is 9.90 Å². The molecule has 8 nitrogen and oxygen atoms in total. The molecule has 2 heterocycles. The number of amides is 1. The van der Waals surface area contributed by atoms with Crippen LogP contribution in [0.5, 0.6) is 0 Å². The van der Waals surface area contributed by atoms with E-state index in [1.807, 2.05) is 60.7 Å². The molecular formula is C34H35N3O5S. The van der Waals surface area contributed by atoms with Crippen LogP contribution in [0.1, 0.15) is 41.6 Å². The molecule has 5 rings (SSSR count). The first kappa shape index (κ1) is 30.4. The maximum absolute atomic E-state index is 11.8. The highest BCUT2D eigenvalue weighted by Crippen LogP contribution is 2.43. The summed E-state index contributed by atoms with van der Waals surface area (Å²) in [5.74, 6) is 0.744. The standard InChI is InChI=1S/C34H35N3O5S/c1-3-18-40-34(39)37-20-25-6-4-7-29(19-25)26-12-14-28(15-13-26)32-41-30(22-43-33-35-16-5-17-36-33)23(2)31(42-32)27-10-8-24(21-38)9-11-27/h3-17,19,23,30-32,38H,1,18,20-22H2,2H3,(H,37,39). The van der Waals surface area contributed by atoms with Crippen molar-refractivity contribution >= 4 is 17.9 Å². The van der Waals surface area contributed by atoms with Crippen molar-refractivity contribution < 1.29 is 24.1 Å². The first-order valence-electron chi connectivity index (χ1n) is 14.1. The van der Waals surface area contributed by atoms with Crippen molar-refractivity contribution in [2.24, 2.45) is 5.92 Å². The van der Waals surface area contributed by atoms with E-state index < -0.39 is 12.4 Å². The van der Waals surface area contributed by atoms with Crippen molar-refractivity contribution in [3.63, 3.8) is 0 Å². The Morgan fingerprint density at radius 3 is 2.44 bits per heavy atom. The molecule has 1 aliphatic rings. The average Bonchev–Trinajstić information content (AvgIpc) is 3.06. The van der Waals surface area contributed by atoms with E-state index in [0.29, 0.717) is 17.5 Å². The molecular weight excluding hydrogens is 562 g/mol. The Morgan fingerprint density at radius 2 is 1.72 bits per heavy atom. The van der Waals surface area contributed by atoms with E-state index in [1.54, 1.807) is 30.2 Å². The molecule has 0 radical (unpaired) electrons. The normalized spacial score (nSPS) is 19.9. The van der Waals surface area contributed by atoms with Gasteiger partial charge in [0, 0.05) is 36.2 Å². The number of alkyl carbamates (subject to hydrolysis) is 1. The molecule has 1 fully saturated rings. The van der Waals surface area contributed by atoms with Gasteiger partial charge in [-0.1, -0.05) is 98.1 Å². The number of ether oxygens (including phenoxy) is 3. The number of benzene rings is 3. The van der Waals surface area contributed by atoms with Gasteiger partial charge in [-0.2, -0.15) is 0 Å². The van der Waals surface area contributed by atoms with Crippen molar-refractivity contribution in [3.8, 4) is 11.1 Å². The Morgan fingerprint density at radius 1 is 0.977 bits per heavy atom. The predicted octanol–water partition coefficient (Wildman–Crippen LogP) is 6.63. The quantitative estimate of drug-likeness (QED) is 0.113. The number of hydrogen-bond donors (Lipinski definition) is 2. The summed E-state index contributed by atoms with van der Waals surface area (Å²) < 4.78 is 18.1. The van der Waals surface area contributed by atoms with Gasteiger partial charge in [-0.25, -0.2) is 14.8 Å². The van der Waals surface area contributed by atoms with Gasteiger partial charge in [0.15, 0.2) is 11.4 Å². The number of thioether (sulfide) groups is 1. The molecule has 0 bridgehead atoms. The molecule has 0 spiro atoms. The van der Waals surface area contributed by atoms with Crippen LogP contribution in [-0.4, -0.2) is 39.6 Å². The van der Waals surface area contributed by atoms with Crippen molar-refractivity contribution in [1.29, 1.82) is 0 Å². The molecule has 0 aliphatic carbocycles. The lowest BCUT2D eigenvalue weighted by molar-refractivity contribution is -0.268. The Labute approximate surface area is 256 Å². The number of carbonyl (C=O) groups is 1. The minimum Gasteiger partial charge on any atom is -0.445 e. The summed E-state index contributed by atoms with van der Waals surface area (Å²) in [5, 5.41) is 13.0. The van der Waals surface area contributed by atoms with E-state index in [1.165, 1.54) is 6.08 Å². The fourth-order valence-corrected chi connectivity index (χ4v) is 5.85. The van der Waals surface area contributed by atoms with Crippen LogP contribution in [0.25, 0.3) is 11.1 Å². The van der Waals surface area contributed by atoms with Gasteiger partial charge in [0.1, 0.15) is 6.61 Å². The summed E-state index contributed by atoms with van der Waals surface area (Å²) in [6.45, 7) is 6.22. The van der Waals surface area contributed by atoms with Gasteiger partial charge in [0.05, 0.1) is 18.8 Å². The highest BCUT2D eigenvalue weighted by atomic mass is 32.2. The summed E-state index contributed by atoms with van der Waals surface area (Å²) in [6.07, 6.45) is 3.66. The van der Waals surface area contributed by atoms with E-state index in [-0.39, 0.29) is 31.3 Å². The average molecular weight is 598 g/mol. The lowest BCUT2D eigenvalue weighted by Crippen LogP contribution is -2.38. The van der Waals surface area contributed by atoms with Crippen molar-refractivity contribution in [1.82, 2.24) is 15.3 Å². The smallest absolute Gasteiger partial charge is 0.407 e. The van der Waals surface area contributed by atoms with E-state index in [4.69, 9.17) is 14.2 Å². The molecule has 1 saturated heterocycles. The summed E-state index contributed by atoms with van der Waals surface area (Å²) >= 11 is 1.57. The molecule has 43 heavy (non-hydrogen) atoms. The largest absolute Gasteiger partial charge is 0.445 e. The van der Waals surface area contributed by atoms with Crippen LogP contribution >= 0.6 is 11.8 Å². The third kappa shape index (κ3) is 8.09. The van der Waals surface area contributed by atoms with Crippen molar-refractivity contribution in [2.75, 3.05) is 12.4 Å². The Kier molecular flexibility index (Phi) is 10.6. The first-order valence-corrected chi connectivity index (χ1v) is 15.1. The van der Waals surface area contributed by atoms with Crippen LogP contribution in [0.4, 0.5) is 4.79 Å². The fraction of sp³-hybridized carbons (Fsp3) is 0.265. The number of aliphatic hydroxyl groups excluding tert-OH is 1. The maximum Gasteiger partial charge on any atom is 0.407 e. The summed E-state index contributed by atoms with van der Waals surface area (Å²) in [5.41, 5.74) is 5.84. The number of nitrogens with zero attached hydrogens (tertiary/aromatic N) is 2. The van der Waals surface area contributed by atoms with Crippen LogP contribution in [-0.2, 0) is 27.4 Å². The predicted molar refractivity (Wildman–Crippen MR) is 166 cm³/mol. The third-order valence-corrected chi connectivity index (χ3v) is 8.22. The number of hydrogen-bond acceptors (Lipinski definition) is 8. The molecule has 4 unspecified atom stereocenters. The molecule has 1 amide bonds. The maximum atomic E-state index is 11.8. The molecule has 222 valence electrons. The molecule has 3 aromatic carbocycles. The monoisotopic (exact) mass is 597 g/mol. The molecule has 0 saturated carbocycles. The summed E-state index contributed by atoms with van der Waals surface area (Å²) in [7, 11) is 0. The summed E-state index contributed by atoms with van der Waals surface area (Å²) in [4.78, 5) is 20.5. The van der Waals surface area contributed by atoms with Gasteiger partial charge in [0.2, 0.25) is 0 Å². The topological polar surface area (TPSA) is 103 Å².